The molecular formula is C23H30N8O4S. The van der Waals surface area contributed by atoms with Crippen molar-refractivity contribution in [3.8, 4) is 0 Å². The van der Waals surface area contributed by atoms with E-state index in [9.17, 15) is 9.59 Å². The molecule has 3 amide bonds. The van der Waals surface area contributed by atoms with Crippen LogP contribution in [0.3, 0.4) is 0 Å². The van der Waals surface area contributed by atoms with Crippen LogP contribution in [0.25, 0.3) is 11.0 Å². The van der Waals surface area contributed by atoms with Crippen molar-refractivity contribution in [2.75, 3.05) is 67.5 Å². The maximum Gasteiger partial charge on any atom is 0.410 e. The van der Waals surface area contributed by atoms with E-state index in [4.69, 9.17) is 14.2 Å². The molecule has 192 valence electrons. The lowest BCUT2D eigenvalue weighted by Crippen LogP contribution is -2.50. The number of hydrogen-bond acceptors (Lipinski definition) is 10. The first-order valence-electron chi connectivity index (χ1n) is 12.0. The number of nitrogens with one attached hydrogen (secondary N) is 1. The molecule has 0 aliphatic carbocycles. The second kappa shape index (κ2) is 9.80. The van der Waals surface area contributed by atoms with Gasteiger partial charge in [-0.2, -0.15) is 9.36 Å². The van der Waals surface area contributed by atoms with Gasteiger partial charge in [-0.1, -0.05) is 17.3 Å². The van der Waals surface area contributed by atoms with Crippen LogP contribution in [0.15, 0.2) is 28.8 Å². The molecule has 2 saturated heterocycles. The molecule has 2 aromatic heterocycles. The SMILES string of the molecule is CC(C)(C)OC(=O)N1CCN(c2nsc(N3CCN(C(=O)Nc4noc5ccccc45)CC3)n2)CC1. The topological polar surface area (TPSA) is 120 Å². The summed E-state index contributed by atoms with van der Waals surface area (Å²) < 4.78 is 15.3. The van der Waals surface area contributed by atoms with Gasteiger partial charge in [0.25, 0.3) is 0 Å². The Hall–Kier alpha value is -3.61. The predicted molar refractivity (Wildman–Crippen MR) is 137 cm³/mol. The number of amides is 3. The Morgan fingerprint density at radius 1 is 0.972 bits per heavy atom. The number of hydrogen-bond donors (Lipinski definition) is 1. The molecule has 0 saturated carbocycles. The molecule has 2 fully saturated rings. The molecule has 0 atom stereocenters. The molecule has 13 heteroatoms. The van der Waals surface area contributed by atoms with Crippen molar-refractivity contribution >= 4 is 51.5 Å². The summed E-state index contributed by atoms with van der Waals surface area (Å²) in [5, 5.41) is 8.44. The van der Waals surface area contributed by atoms with Crippen LogP contribution < -0.4 is 15.1 Å². The lowest BCUT2D eigenvalue weighted by atomic mass is 10.2. The highest BCUT2D eigenvalue weighted by atomic mass is 32.1. The van der Waals surface area contributed by atoms with E-state index in [1.165, 1.54) is 11.5 Å². The highest BCUT2D eigenvalue weighted by Crippen LogP contribution is 2.25. The van der Waals surface area contributed by atoms with Crippen LogP contribution in [0.2, 0.25) is 0 Å². The van der Waals surface area contributed by atoms with Crippen LogP contribution in [-0.4, -0.2) is 94.4 Å². The summed E-state index contributed by atoms with van der Waals surface area (Å²) in [5.74, 6) is 1.11. The Labute approximate surface area is 212 Å². The molecule has 5 rings (SSSR count). The minimum Gasteiger partial charge on any atom is -0.444 e. The van der Waals surface area contributed by atoms with E-state index >= 15 is 0 Å². The third-order valence-electron chi connectivity index (χ3n) is 6.06. The second-order valence-corrected chi connectivity index (χ2v) is 10.5. The number of piperazine rings is 2. The van der Waals surface area contributed by atoms with Crippen LogP contribution in [0.4, 0.5) is 26.5 Å². The van der Waals surface area contributed by atoms with Crippen molar-refractivity contribution in [1.82, 2.24) is 24.3 Å². The lowest BCUT2D eigenvalue weighted by Gasteiger charge is -2.35. The smallest absolute Gasteiger partial charge is 0.410 e. The molecule has 36 heavy (non-hydrogen) atoms. The first kappa shape index (κ1) is 24.1. The molecule has 1 aromatic carbocycles. The van der Waals surface area contributed by atoms with Gasteiger partial charge in [0.15, 0.2) is 11.4 Å². The van der Waals surface area contributed by atoms with Gasteiger partial charge < -0.3 is 28.9 Å². The number of fused-ring (bicyclic) bond motifs is 1. The fourth-order valence-electron chi connectivity index (χ4n) is 4.14. The first-order valence-corrected chi connectivity index (χ1v) is 12.8. The van der Waals surface area contributed by atoms with Crippen LogP contribution in [0.1, 0.15) is 20.8 Å². The van der Waals surface area contributed by atoms with Gasteiger partial charge in [0.2, 0.25) is 11.1 Å². The summed E-state index contributed by atoms with van der Waals surface area (Å²) in [7, 11) is 0. The highest BCUT2D eigenvalue weighted by molar-refractivity contribution is 7.09. The number of carbonyl (C=O) groups is 2. The number of nitrogens with zero attached hydrogens (tertiary/aromatic N) is 7. The van der Waals surface area contributed by atoms with E-state index in [1.807, 2.05) is 45.0 Å². The summed E-state index contributed by atoms with van der Waals surface area (Å²) in [6.45, 7) is 10.5. The Morgan fingerprint density at radius 2 is 1.64 bits per heavy atom. The Balaban J connectivity index is 1.11. The third-order valence-corrected chi connectivity index (χ3v) is 6.83. The summed E-state index contributed by atoms with van der Waals surface area (Å²) in [4.78, 5) is 37.5. The van der Waals surface area contributed by atoms with E-state index in [2.05, 4.69) is 24.6 Å². The normalized spacial score (nSPS) is 17.0. The fraction of sp³-hybridized carbons (Fsp3) is 0.522. The fourth-order valence-corrected chi connectivity index (χ4v) is 4.88. The third kappa shape index (κ3) is 5.30. The van der Waals surface area contributed by atoms with E-state index in [0.29, 0.717) is 69.7 Å². The first-order chi connectivity index (χ1) is 17.3. The zero-order valence-corrected chi connectivity index (χ0v) is 21.5. The van der Waals surface area contributed by atoms with Crippen molar-refractivity contribution < 1.29 is 18.8 Å². The molecule has 1 N–H and O–H groups in total. The molecule has 4 heterocycles. The van der Waals surface area contributed by atoms with E-state index in [1.54, 1.807) is 9.80 Å². The van der Waals surface area contributed by atoms with Gasteiger partial charge in [0, 0.05) is 63.9 Å². The molecule has 0 radical (unpaired) electrons. The van der Waals surface area contributed by atoms with Gasteiger partial charge in [0.05, 0.1) is 5.39 Å². The van der Waals surface area contributed by atoms with Gasteiger partial charge in [-0.05, 0) is 32.9 Å². The standard InChI is InChI=1S/C23H30N8O4S/c1-23(2,3)34-22(33)31-14-8-28(9-15-31)19-25-21(36-27-19)30-12-10-29(11-13-30)20(32)24-18-16-6-4-5-7-17(16)35-26-18/h4-7H,8-15H2,1-3H3,(H,24,26,32). The van der Waals surface area contributed by atoms with E-state index < -0.39 is 5.60 Å². The Morgan fingerprint density at radius 3 is 2.36 bits per heavy atom. The van der Waals surface area contributed by atoms with Crippen LogP contribution >= 0.6 is 11.5 Å². The number of urea groups is 1. The van der Waals surface area contributed by atoms with Crippen molar-refractivity contribution in [3.63, 3.8) is 0 Å². The molecule has 0 spiro atoms. The van der Waals surface area contributed by atoms with Crippen LogP contribution in [0, 0.1) is 0 Å². The molecule has 3 aromatic rings. The van der Waals surface area contributed by atoms with Gasteiger partial charge in [0.1, 0.15) is 5.60 Å². The number of carbonyl (C=O) groups excluding carboxylic acids is 2. The summed E-state index contributed by atoms with van der Waals surface area (Å²) in [6.07, 6.45) is -0.285. The maximum absolute atomic E-state index is 12.8. The summed E-state index contributed by atoms with van der Waals surface area (Å²) >= 11 is 1.36. The van der Waals surface area contributed by atoms with Gasteiger partial charge in [-0.3, -0.25) is 5.32 Å². The van der Waals surface area contributed by atoms with Crippen molar-refractivity contribution in [3.05, 3.63) is 24.3 Å². The average molecular weight is 515 g/mol. The quantitative estimate of drug-likeness (QED) is 0.562. The average Bonchev–Trinajstić information content (AvgIpc) is 3.51. The predicted octanol–water partition coefficient (Wildman–Crippen LogP) is 3.09. The number of rotatable bonds is 3. The van der Waals surface area contributed by atoms with E-state index in [-0.39, 0.29) is 12.1 Å². The lowest BCUT2D eigenvalue weighted by molar-refractivity contribution is 0.0240. The maximum atomic E-state index is 12.8. The largest absolute Gasteiger partial charge is 0.444 e. The minimum atomic E-state index is -0.505. The monoisotopic (exact) mass is 514 g/mol. The van der Waals surface area contributed by atoms with Gasteiger partial charge in [-0.15, -0.1) is 0 Å². The Bertz CT molecular complexity index is 1220. The molecule has 2 aliphatic rings. The molecule has 0 unspecified atom stereocenters. The zero-order chi connectivity index (χ0) is 25.3. The molecule has 12 nitrogen and oxygen atoms in total. The van der Waals surface area contributed by atoms with Crippen LogP contribution in [-0.2, 0) is 4.74 Å². The number of aromatic nitrogens is 3. The van der Waals surface area contributed by atoms with E-state index in [0.717, 1.165) is 10.5 Å². The second-order valence-electron chi connectivity index (χ2n) is 9.76. The highest BCUT2D eigenvalue weighted by Gasteiger charge is 2.29. The van der Waals surface area contributed by atoms with Crippen molar-refractivity contribution in [2.24, 2.45) is 0 Å². The summed E-state index contributed by atoms with van der Waals surface area (Å²) in [6, 6.07) is 7.22. The number of benzene rings is 1. The van der Waals surface area contributed by atoms with Gasteiger partial charge in [-0.25, -0.2) is 9.59 Å². The minimum absolute atomic E-state index is 0.200. The molecule has 0 bridgehead atoms. The van der Waals surface area contributed by atoms with Gasteiger partial charge >= 0.3 is 12.1 Å². The molecular weight excluding hydrogens is 484 g/mol. The number of anilines is 3. The summed E-state index contributed by atoms with van der Waals surface area (Å²) in [5.41, 5.74) is 0.130. The zero-order valence-electron chi connectivity index (χ0n) is 20.6. The Kier molecular flexibility index (Phi) is 6.56. The van der Waals surface area contributed by atoms with Crippen molar-refractivity contribution in [1.29, 1.82) is 0 Å². The number of para-hydroxylation sites is 1. The van der Waals surface area contributed by atoms with Crippen LogP contribution in [0.5, 0.6) is 0 Å². The number of ether oxygens (including phenoxy) is 1. The van der Waals surface area contributed by atoms with Crippen molar-refractivity contribution in [2.45, 2.75) is 26.4 Å². The molecule has 2 aliphatic heterocycles.